The maximum atomic E-state index is 14.0. The summed E-state index contributed by atoms with van der Waals surface area (Å²) in [5, 5.41) is 0. The lowest BCUT2D eigenvalue weighted by Crippen LogP contribution is -2.38. The molecule has 0 amide bonds. The van der Waals surface area contributed by atoms with Crippen LogP contribution in [0.25, 0.3) is 0 Å². The second-order valence-electron chi connectivity index (χ2n) is 38.5. The summed E-state index contributed by atoms with van der Waals surface area (Å²) in [4.78, 5) is 0. The molecule has 0 spiro atoms. The van der Waals surface area contributed by atoms with Crippen molar-refractivity contribution < 1.29 is 39.5 Å². The molecule has 0 N–H and O–H groups in total. The fraction of sp³-hybridized carbons (Fsp3) is 1.00. The third kappa shape index (κ3) is 63.7. The second kappa shape index (κ2) is 63.6. The largest absolute Gasteiger partial charge is 0.244 e. The van der Waals surface area contributed by atoms with E-state index < -0.39 is 51.0 Å². The van der Waals surface area contributed by atoms with Gasteiger partial charge in [-0.05, 0) is 228 Å². The third-order valence-corrected chi connectivity index (χ3v) is 25.6. The van der Waals surface area contributed by atoms with Crippen molar-refractivity contribution in [1.29, 1.82) is 0 Å². The Morgan fingerprint density at radius 2 is 0.481 bits per heavy atom. The van der Waals surface area contributed by atoms with Gasteiger partial charge in [0, 0.05) is 5.41 Å². The lowest BCUT2D eigenvalue weighted by atomic mass is 9.65. The zero-order valence-electron chi connectivity index (χ0n) is 82.4. The van der Waals surface area contributed by atoms with Gasteiger partial charge in [0.05, 0.1) is 0 Å². The van der Waals surface area contributed by atoms with Gasteiger partial charge in [0.2, 0.25) is 0 Å². The minimum atomic E-state index is -1.04. The highest BCUT2D eigenvalue weighted by Crippen LogP contribution is 2.45. The molecule has 658 valence electrons. The highest BCUT2D eigenvalue weighted by atomic mass is 19.2. The van der Waals surface area contributed by atoms with E-state index in [9.17, 15) is 39.5 Å². The highest BCUT2D eigenvalue weighted by Gasteiger charge is 2.41. The lowest BCUT2D eigenvalue weighted by molar-refractivity contribution is 0.00941. The van der Waals surface area contributed by atoms with Crippen LogP contribution in [0.15, 0.2) is 0 Å². The molecule has 0 aliphatic carbocycles. The Morgan fingerprint density at radius 3 is 0.566 bits per heavy atom. The van der Waals surface area contributed by atoms with E-state index in [0.29, 0.717) is 111 Å². The lowest BCUT2D eigenvalue weighted by Gasteiger charge is -2.40. The van der Waals surface area contributed by atoms with E-state index in [1.165, 1.54) is 25.7 Å². The van der Waals surface area contributed by atoms with Gasteiger partial charge in [-0.1, -0.05) is 347 Å². The zero-order chi connectivity index (χ0) is 88.0. The van der Waals surface area contributed by atoms with E-state index in [2.05, 4.69) is 173 Å². The van der Waals surface area contributed by atoms with Gasteiger partial charge < -0.3 is 0 Å². The molecular weight excluding hydrogens is 1340 g/mol. The monoisotopic (exact) mass is 1540 g/mol. The van der Waals surface area contributed by atoms with E-state index in [-0.39, 0.29) is 35.0 Å². The molecule has 0 nitrogen and oxygen atoms in total. The standard InChI is InChI=1S/C11H23F.3C10H21F.C10H22.C9H19F.C9H20.C8H17F.2C7H15F.C6H13F/c1-7-11(6,12)10(8(2)3)9(4)5;1-7(2)9(8(3)4)10(5,6)11;1-6-9(4,7-2)10(5,11)8-3;1-5-8-10(4,11)9(6-2)7-3;1-7-10(6,8-2)9(3,4)5;1-5-8(6-2)9(4,10)7-3;1-6-8(7-2)9(3,4)5;1-4-6-8(3,9)7-5-2;1-5-7(4,8)6(2)3;1-4-6-7(3,8)5-2;1-4-6(3,7)5-2/h8-10H,7H2,1-6H3;7-9H,1-6H3;6-8H2,1-5H3;9H,5-8H2,1-4H3;7-8H2,1-6H3;8H,5-7H2,1-4H3;8H,6-7H2,1-5H3;4-7H2,1-3H3;6H,5H2,1-4H3;4-6H2,1-3H3;4-5H2,1-3H3/t11-;;2*10-;;9-;;;2*7-;/m0.00.0..00./s1. The van der Waals surface area contributed by atoms with Gasteiger partial charge in [0.1, 0.15) is 51.0 Å². The molecule has 0 aromatic carbocycles. The van der Waals surface area contributed by atoms with E-state index in [0.717, 1.165) is 70.1 Å². The summed E-state index contributed by atoms with van der Waals surface area (Å²) >= 11 is 0. The molecule has 106 heavy (non-hydrogen) atoms. The molecule has 0 aromatic heterocycles. The number of rotatable bonds is 35. The second-order valence-corrected chi connectivity index (χ2v) is 38.5. The Kier molecular flexibility index (Phi) is 77.4. The molecule has 0 heterocycles. The summed E-state index contributed by atoms with van der Waals surface area (Å²) in [7, 11) is 0. The maximum Gasteiger partial charge on any atom is 0.113 e. The van der Waals surface area contributed by atoms with Gasteiger partial charge in [-0.3, -0.25) is 0 Å². The average molecular weight is 1540 g/mol. The van der Waals surface area contributed by atoms with E-state index in [1.54, 1.807) is 69.2 Å². The third-order valence-electron chi connectivity index (χ3n) is 25.6. The highest BCUT2D eigenvalue weighted by molar-refractivity contribution is 4.91. The summed E-state index contributed by atoms with van der Waals surface area (Å²) in [5.74, 6) is 3.61. The van der Waals surface area contributed by atoms with Crippen molar-refractivity contribution >= 4 is 0 Å². The molecule has 0 radical (unpaired) electrons. The zero-order valence-corrected chi connectivity index (χ0v) is 82.4. The Hall–Kier alpha value is -0.630. The first kappa shape index (κ1) is 129. The van der Waals surface area contributed by atoms with Crippen LogP contribution in [-0.2, 0) is 0 Å². The number of hydrogen-bond donors (Lipinski definition) is 0. The van der Waals surface area contributed by atoms with Crippen molar-refractivity contribution in [2.24, 2.45) is 80.8 Å². The van der Waals surface area contributed by atoms with Gasteiger partial charge in [-0.2, -0.15) is 0 Å². The van der Waals surface area contributed by atoms with Gasteiger partial charge in [0.15, 0.2) is 0 Å². The number of alkyl halides is 9. The van der Waals surface area contributed by atoms with Crippen LogP contribution in [0.3, 0.4) is 0 Å². The Bertz CT molecular complexity index is 1790. The topological polar surface area (TPSA) is 0 Å². The van der Waals surface area contributed by atoms with Gasteiger partial charge in [-0.15, -0.1) is 0 Å². The number of halogens is 9. The van der Waals surface area contributed by atoms with Crippen LogP contribution >= 0.6 is 0 Å². The molecular formula is C97H207F9. The quantitative estimate of drug-likeness (QED) is 0.0555. The molecule has 0 unspecified atom stereocenters. The van der Waals surface area contributed by atoms with E-state index in [4.69, 9.17) is 0 Å². The molecule has 0 aliphatic rings. The van der Waals surface area contributed by atoms with Crippen molar-refractivity contribution in [2.45, 2.75) is 551 Å². The van der Waals surface area contributed by atoms with Crippen LogP contribution in [0.5, 0.6) is 0 Å². The van der Waals surface area contributed by atoms with Gasteiger partial charge >= 0.3 is 0 Å². The summed E-state index contributed by atoms with van der Waals surface area (Å²) in [6.07, 6.45) is 21.9. The Labute approximate surface area is 667 Å². The van der Waals surface area contributed by atoms with Gasteiger partial charge in [-0.25, -0.2) is 39.5 Å². The first-order valence-electron chi connectivity index (χ1n) is 44.6. The molecule has 0 aliphatic heterocycles. The maximum absolute atomic E-state index is 14.0. The van der Waals surface area contributed by atoms with Crippen LogP contribution in [0.2, 0.25) is 0 Å². The molecule has 0 aromatic rings. The summed E-state index contributed by atoms with van der Waals surface area (Å²) in [5.41, 5.74) is -7.24. The van der Waals surface area contributed by atoms with E-state index >= 15 is 0 Å². The summed E-state index contributed by atoms with van der Waals surface area (Å²) in [6, 6.07) is 0. The van der Waals surface area contributed by atoms with Crippen LogP contribution < -0.4 is 0 Å². The average Bonchev–Trinajstić information content (AvgIpc) is 0.827. The van der Waals surface area contributed by atoms with Crippen LogP contribution in [0, 0.1) is 80.8 Å². The van der Waals surface area contributed by atoms with Crippen molar-refractivity contribution in [2.75, 3.05) is 0 Å². The smallest absolute Gasteiger partial charge is 0.113 e. The SMILES string of the molecule is CC(C)C(C(C)C)C(C)(C)F.CCC(C)(CC)C(C)(C)C.CCC(C)(CC)[C@@](C)(F)CC.CCC(C)(F)CC.CCC(CC)C(C)(C)C.CCC(CC)[C@@](C)(F)CC.CCCC(C)(F)CCC.CCC[C@@](C)(F)CC.CCC[C@](C)(F)C(CC)CC.CC[C@](C)(F)C(C(C)C)C(C)C.CC[C@](C)(F)C(C)C. The Balaban J connectivity index is -0.000000104. The Morgan fingerprint density at radius 1 is 0.226 bits per heavy atom. The van der Waals surface area contributed by atoms with Crippen molar-refractivity contribution in [3.8, 4) is 0 Å². The van der Waals surface area contributed by atoms with Crippen molar-refractivity contribution in [1.82, 2.24) is 0 Å². The normalized spacial score (nSPS) is 15.6. The first-order valence-corrected chi connectivity index (χ1v) is 44.6. The minimum absolute atomic E-state index is 0.137. The van der Waals surface area contributed by atoms with Crippen LogP contribution in [0.1, 0.15) is 500 Å². The molecule has 0 fully saturated rings. The first-order chi connectivity index (χ1) is 47.4. The fourth-order valence-electron chi connectivity index (χ4n) is 14.8. The van der Waals surface area contributed by atoms with Crippen molar-refractivity contribution in [3.05, 3.63) is 0 Å². The minimum Gasteiger partial charge on any atom is -0.244 e. The fourth-order valence-corrected chi connectivity index (χ4v) is 14.8. The van der Waals surface area contributed by atoms with Gasteiger partial charge in [0.25, 0.3) is 0 Å². The van der Waals surface area contributed by atoms with Crippen LogP contribution in [-0.4, -0.2) is 51.0 Å². The van der Waals surface area contributed by atoms with E-state index in [1.807, 2.05) is 96.9 Å². The predicted octanol–water partition coefficient (Wildman–Crippen LogP) is 38.1. The molecule has 6 atom stereocenters. The van der Waals surface area contributed by atoms with Crippen LogP contribution in [0.4, 0.5) is 39.5 Å². The number of hydrogen-bond acceptors (Lipinski definition) is 0. The van der Waals surface area contributed by atoms with Crippen molar-refractivity contribution in [3.63, 3.8) is 0 Å². The molecule has 0 bridgehead atoms. The summed E-state index contributed by atoms with van der Waals surface area (Å²) < 4.78 is 120. The molecule has 0 rings (SSSR count). The molecule has 0 saturated carbocycles. The predicted molar refractivity (Wildman–Crippen MR) is 473 cm³/mol. The molecule has 0 saturated heterocycles. The molecule has 9 heteroatoms. The summed E-state index contributed by atoms with van der Waals surface area (Å²) in [6.45, 7) is 98.8.